The Balaban J connectivity index is 1.52. The van der Waals surface area contributed by atoms with Gasteiger partial charge in [0.05, 0.1) is 11.9 Å². The van der Waals surface area contributed by atoms with Crippen LogP contribution in [0.25, 0.3) is 17.2 Å². The first-order valence-corrected chi connectivity index (χ1v) is 8.40. The number of carbonyl (C=O) groups is 1. The van der Waals surface area contributed by atoms with E-state index in [0.29, 0.717) is 17.1 Å². The van der Waals surface area contributed by atoms with Crippen molar-refractivity contribution in [3.8, 4) is 17.2 Å². The van der Waals surface area contributed by atoms with Crippen LogP contribution in [0.3, 0.4) is 0 Å². The molecule has 2 heterocycles. The van der Waals surface area contributed by atoms with Crippen molar-refractivity contribution in [2.75, 3.05) is 5.32 Å². The fourth-order valence-corrected chi connectivity index (χ4v) is 2.51. The molecule has 0 aliphatic heterocycles. The summed E-state index contributed by atoms with van der Waals surface area (Å²) in [4.78, 5) is 16.4. The summed E-state index contributed by atoms with van der Waals surface area (Å²) in [6.45, 7) is 3.95. The van der Waals surface area contributed by atoms with Crippen molar-refractivity contribution in [1.29, 1.82) is 0 Å². The van der Waals surface area contributed by atoms with Gasteiger partial charge < -0.3 is 9.84 Å². The Hall–Kier alpha value is -3.88. The molecule has 0 spiro atoms. The van der Waals surface area contributed by atoms with Crippen LogP contribution in [-0.4, -0.2) is 31.0 Å². The van der Waals surface area contributed by atoms with Crippen molar-refractivity contribution in [1.82, 2.24) is 25.1 Å². The van der Waals surface area contributed by atoms with Gasteiger partial charge >= 0.3 is 11.8 Å². The minimum absolute atomic E-state index is 0.124. The van der Waals surface area contributed by atoms with E-state index < -0.39 is 5.91 Å². The molecule has 1 amide bonds. The van der Waals surface area contributed by atoms with Gasteiger partial charge in [0.2, 0.25) is 5.82 Å². The number of halogens is 1. The van der Waals surface area contributed by atoms with E-state index in [0.717, 1.165) is 11.1 Å². The minimum atomic E-state index is -0.520. The molecule has 8 nitrogen and oxygen atoms in total. The molecule has 28 heavy (non-hydrogen) atoms. The number of anilines is 1. The molecule has 140 valence electrons. The number of carbonyl (C=O) groups excluding carboxylic acids is 1. The van der Waals surface area contributed by atoms with Crippen LogP contribution in [0.1, 0.15) is 21.8 Å². The van der Waals surface area contributed by atoms with Crippen molar-refractivity contribution in [3.05, 3.63) is 71.5 Å². The third kappa shape index (κ3) is 3.50. The molecule has 0 bridgehead atoms. The van der Waals surface area contributed by atoms with Gasteiger partial charge in [-0.25, -0.2) is 9.07 Å². The Morgan fingerprint density at radius 2 is 1.89 bits per heavy atom. The third-order valence-electron chi connectivity index (χ3n) is 4.20. The number of aromatic nitrogens is 5. The molecular weight excluding hydrogens is 363 g/mol. The summed E-state index contributed by atoms with van der Waals surface area (Å²) in [7, 11) is 0. The van der Waals surface area contributed by atoms with Crippen LogP contribution < -0.4 is 5.32 Å². The number of hydrogen-bond donors (Lipinski definition) is 1. The highest BCUT2D eigenvalue weighted by Gasteiger charge is 2.18. The zero-order valence-corrected chi connectivity index (χ0v) is 15.0. The van der Waals surface area contributed by atoms with Gasteiger partial charge in [0.1, 0.15) is 5.82 Å². The Bertz CT molecular complexity index is 1150. The highest BCUT2D eigenvalue weighted by molar-refractivity contribution is 6.01. The Morgan fingerprint density at radius 3 is 2.64 bits per heavy atom. The lowest BCUT2D eigenvalue weighted by Gasteiger charge is -2.05. The van der Waals surface area contributed by atoms with Crippen LogP contribution in [0, 0.1) is 19.7 Å². The third-order valence-corrected chi connectivity index (χ3v) is 4.20. The molecule has 9 heteroatoms. The number of amides is 1. The summed E-state index contributed by atoms with van der Waals surface area (Å²) >= 11 is 0. The summed E-state index contributed by atoms with van der Waals surface area (Å²) in [6, 6.07) is 11.3. The minimum Gasteiger partial charge on any atom is -0.328 e. The maximum atomic E-state index is 13.0. The molecule has 0 radical (unpaired) electrons. The highest BCUT2D eigenvalue weighted by atomic mass is 19.1. The van der Waals surface area contributed by atoms with Gasteiger partial charge in [-0.05, 0) is 61.4 Å². The lowest BCUT2D eigenvalue weighted by Crippen LogP contribution is -2.12. The molecule has 0 saturated heterocycles. The van der Waals surface area contributed by atoms with Gasteiger partial charge in [0.15, 0.2) is 5.69 Å². The zero-order valence-electron chi connectivity index (χ0n) is 15.0. The Labute approximate surface area is 159 Å². The monoisotopic (exact) mass is 378 g/mol. The first kappa shape index (κ1) is 17.5. The first-order valence-electron chi connectivity index (χ1n) is 8.40. The van der Waals surface area contributed by atoms with E-state index in [-0.39, 0.29) is 17.5 Å². The van der Waals surface area contributed by atoms with Crippen LogP contribution in [0.15, 0.2) is 53.2 Å². The summed E-state index contributed by atoms with van der Waals surface area (Å²) in [5.74, 6) is -0.933. The van der Waals surface area contributed by atoms with E-state index in [2.05, 4.69) is 25.8 Å². The maximum Gasteiger partial charge on any atom is 0.316 e. The van der Waals surface area contributed by atoms with Gasteiger partial charge in [-0.1, -0.05) is 16.4 Å². The van der Waals surface area contributed by atoms with Crippen LogP contribution in [0.2, 0.25) is 0 Å². The quantitative estimate of drug-likeness (QED) is 0.585. The normalized spacial score (nSPS) is 10.8. The second kappa shape index (κ2) is 7.03. The SMILES string of the molecule is Cc1ccc(NC(=O)c2nc(-c3cn(-c4ccc(F)cc4)nn3)no2)cc1C. The molecule has 0 aliphatic carbocycles. The van der Waals surface area contributed by atoms with Gasteiger partial charge in [-0.2, -0.15) is 4.98 Å². The van der Waals surface area contributed by atoms with Crippen molar-refractivity contribution >= 4 is 11.6 Å². The van der Waals surface area contributed by atoms with Crippen molar-refractivity contribution in [2.45, 2.75) is 13.8 Å². The summed E-state index contributed by atoms with van der Waals surface area (Å²) < 4.78 is 19.5. The fraction of sp³-hybridized carbons (Fsp3) is 0.105. The second-order valence-corrected chi connectivity index (χ2v) is 6.20. The molecule has 0 atom stereocenters. The first-order chi connectivity index (χ1) is 13.5. The standard InChI is InChI=1S/C19H15FN6O2/c1-11-3-6-14(9-12(11)2)21-18(27)19-22-17(24-28-19)16-10-26(25-23-16)15-7-4-13(20)5-8-15/h3-10H,1-2H3,(H,21,27). The van der Waals surface area contributed by atoms with Crippen molar-refractivity contribution < 1.29 is 13.7 Å². The van der Waals surface area contributed by atoms with E-state index in [4.69, 9.17) is 4.52 Å². The fourth-order valence-electron chi connectivity index (χ4n) is 2.51. The number of hydrogen-bond acceptors (Lipinski definition) is 6. The average Bonchev–Trinajstić information content (AvgIpc) is 3.35. The number of nitrogens with one attached hydrogen (secondary N) is 1. The summed E-state index contributed by atoms with van der Waals surface area (Å²) in [5, 5.41) is 14.4. The molecule has 0 aliphatic rings. The Kier molecular flexibility index (Phi) is 4.40. The topological polar surface area (TPSA) is 98.7 Å². The lowest BCUT2D eigenvalue weighted by molar-refractivity contribution is 0.0981. The van der Waals surface area contributed by atoms with E-state index in [1.807, 2.05) is 26.0 Å². The molecule has 0 saturated carbocycles. The van der Waals surface area contributed by atoms with Crippen LogP contribution in [-0.2, 0) is 0 Å². The molecule has 2 aromatic carbocycles. The van der Waals surface area contributed by atoms with E-state index >= 15 is 0 Å². The predicted molar refractivity (Wildman–Crippen MR) is 98.5 cm³/mol. The maximum absolute atomic E-state index is 13.0. The van der Waals surface area contributed by atoms with Gasteiger partial charge in [0.25, 0.3) is 0 Å². The molecule has 4 rings (SSSR count). The number of nitrogens with zero attached hydrogens (tertiary/aromatic N) is 5. The largest absolute Gasteiger partial charge is 0.328 e. The number of aryl methyl sites for hydroxylation is 2. The van der Waals surface area contributed by atoms with E-state index in [1.165, 1.54) is 16.8 Å². The van der Waals surface area contributed by atoms with Gasteiger partial charge in [-0.3, -0.25) is 4.79 Å². The van der Waals surface area contributed by atoms with E-state index in [9.17, 15) is 9.18 Å². The predicted octanol–water partition coefficient (Wildman–Crippen LogP) is 3.33. The number of rotatable bonds is 4. The van der Waals surface area contributed by atoms with E-state index in [1.54, 1.807) is 24.4 Å². The number of benzene rings is 2. The Morgan fingerprint density at radius 1 is 1.11 bits per heavy atom. The van der Waals surface area contributed by atoms with Gasteiger partial charge in [-0.15, -0.1) is 5.10 Å². The summed E-state index contributed by atoms with van der Waals surface area (Å²) in [5.41, 5.74) is 3.76. The van der Waals surface area contributed by atoms with Crippen LogP contribution in [0.5, 0.6) is 0 Å². The van der Waals surface area contributed by atoms with Gasteiger partial charge in [0, 0.05) is 5.69 Å². The van der Waals surface area contributed by atoms with Crippen molar-refractivity contribution in [2.24, 2.45) is 0 Å². The molecule has 1 N–H and O–H groups in total. The lowest BCUT2D eigenvalue weighted by atomic mass is 10.1. The van der Waals surface area contributed by atoms with Crippen molar-refractivity contribution in [3.63, 3.8) is 0 Å². The molecular formula is C19H15FN6O2. The molecule has 2 aromatic heterocycles. The highest BCUT2D eigenvalue weighted by Crippen LogP contribution is 2.17. The smallest absolute Gasteiger partial charge is 0.316 e. The molecule has 4 aromatic rings. The summed E-state index contributed by atoms with van der Waals surface area (Å²) in [6.07, 6.45) is 1.56. The van der Waals surface area contributed by atoms with Crippen LogP contribution in [0.4, 0.5) is 10.1 Å². The molecule has 0 fully saturated rings. The van der Waals surface area contributed by atoms with Crippen LogP contribution >= 0.6 is 0 Å². The second-order valence-electron chi connectivity index (χ2n) is 6.20. The average molecular weight is 378 g/mol. The zero-order chi connectivity index (χ0) is 19.7. The molecule has 0 unspecified atom stereocenters.